The molecule has 0 atom stereocenters. The molecule has 27 heavy (non-hydrogen) atoms. The van der Waals surface area contributed by atoms with Crippen molar-refractivity contribution in [3.8, 4) is 0 Å². The Labute approximate surface area is 159 Å². The van der Waals surface area contributed by atoms with Crippen molar-refractivity contribution in [2.75, 3.05) is 26.2 Å². The van der Waals surface area contributed by atoms with Crippen LogP contribution in [0.1, 0.15) is 59.4 Å². The van der Waals surface area contributed by atoms with Crippen molar-refractivity contribution in [1.82, 2.24) is 15.5 Å². The Bertz CT molecular complexity index is 807. The van der Waals surface area contributed by atoms with E-state index in [1.807, 2.05) is 17.0 Å². The summed E-state index contributed by atoms with van der Waals surface area (Å²) in [5.74, 6) is 0.149. The SMILES string of the molecule is CC1(C)CNC(=O)C2(CCN(C(=O)c3cccc4c3CCC4=O)CC2)NC1. The van der Waals surface area contributed by atoms with Gasteiger partial charge in [0.25, 0.3) is 5.91 Å². The van der Waals surface area contributed by atoms with Crippen LogP contribution in [0.2, 0.25) is 0 Å². The maximum absolute atomic E-state index is 13.1. The van der Waals surface area contributed by atoms with Crippen LogP contribution in [0.4, 0.5) is 0 Å². The predicted molar refractivity (Wildman–Crippen MR) is 102 cm³/mol. The molecule has 6 heteroatoms. The number of amides is 2. The van der Waals surface area contributed by atoms with Crippen LogP contribution in [0.25, 0.3) is 0 Å². The standard InChI is InChI=1S/C21H27N3O3/c1-20(2)12-22-19(27)21(23-13-20)8-10-24(11-9-21)18(26)16-5-3-4-15-14(16)6-7-17(15)25/h3-5,23H,6-13H2,1-2H3,(H,22,27). The van der Waals surface area contributed by atoms with Gasteiger partial charge in [-0.15, -0.1) is 0 Å². The van der Waals surface area contributed by atoms with Gasteiger partial charge in [-0.2, -0.15) is 0 Å². The van der Waals surface area contributed by atoms with Gasteiger partial charge < -0.3 is 15.5 Å². The first kappa shape index (κ1) is 18.2. The zero-order chi connectivity index (χ0) is 19.2. The van der Waals surface area contributed by atoms with E-state index in [1.165, 1.54) is 0 Å². The molecule has 1 aliphatic carbocycles. The third-order valence-corrected chi connectivity index (χ3v) is 6.28. The number of carbonyl (C=O) groups is 3. The van der Waals surface area contributed by atoms with Gasteiger partial charge in [-0.3, -0.25) is 14.4 Å². The Kier molecular flexibility index (Phi) is 4.34. The fourth-order valence-electron chi connectivity index (χ4n) is 4.40. The van der Waals surface area contributed by atoms with Crippen molar-refractivity contribution in [2.45, 2.75) is 45.1 Å². The molecular weight excluding hydrogens is 342 g/mol. The second kappa shape index (κ2) is 6.44. The summed E-state index contributed by atoms with van der Waals surface area (Å²) in [7, 11) is 0. The lowest BCUT2D eigenvalue weighted by Crippen LogP contribution is -2.61. The van der Waals surface area contributed by atoms with Gasteiger partial charge in [0.15, 0.2) is 5.78 Å². The highest BCUT2D eigenvalue weighted by Crippen LogP contribution is 2.30. The summed E-state index contributed by atoms with van der Waals surface area (Å²) >= 11 is 0. The number of nitrogens with one attached hydrogen (secondary N) is 2. The number of benzene rings is 1. The van der Waals surface area contributed by atoms with E-state index in [1.54, 1.807) is 6.07 Å². The zero-order valence-corrected chi connectivity index (χ0v) is 16.1. The van der Waals surface area contributed by atoms with Crippen molar-refractivity contribution in [3.63, 3.8) is 0 Å². The van der Waals surface area contributed by atoms with Crippen molar-refractivity contribution in [3.05, 3.63) is 34.9 Å². The monoisotopic (exact) mass is 369 g/mol. The van der Waals surface area contributed by atoms with Gasteiger partial charge in [0.05, 0.1) is 0 Å². The van der Waals surface area contributed by atoms with Gasteiger partial charge in [-0.05, 0) is 36.3 Å². The molecule has 0 saturated carbocycles. The molecule has 0 aromatic heterocycles. The van der Waals surface area contributed by atoms with Gasteiger partial charge in [-0.25, -0.2) is 0 Å². The van der Waals surface area contributed by atoms with Crippen molar-refractivity contribution in [1.29, 1.82) is 0 Å². The van der Waals surface area contributed by atoms with Crippen LogP contribution in [0.15, 0.2) is 18.2 Å². The molecule has 2 fully saturated rings. The highest BCUT2D eigenvalue weighted by Gasteiger charge is 2.45. The molecule has 3 aliphatic rings. The number of rotatable bonds is 1. The maximum atomic E-state index is 13.1. The van der Waals surface area contributed by atoms with Crippen molar-refractivity contribution < 1.29 is 14.4 Å². The summed E-state index contributed by atoms with van der Waals surface area (Å²) in [6.07, 6.45) is 2.35. The van der Waals surface area contributed by atoms with E-state index in [2.05, 4.69) is 24.5 Å². The quantitative estimate of drug-likeness (QED) is 0.787. The van der Waals surface area contributed by atoms with Crippen LogP contribution in [0.3, 0.4) is 0 Å². The summed E-state index contributed by atoms with van der Waals surface area (Å²) in [6.45, 7) is 6.78. The summed E-state index contributed by atoms with van der Waals surface area (Å²) in [4.78, 5) is 39.6. The van der Waals surface area contributed by atoms with Crippen LogP contribution in [-0.4, -0.2) is 54.2 Å². The average molecular weight is 369 g/mol. The number of likely N-dealkylation sites (tertiary alicyclic amines) is 1. The highest BCUT2D eigenvalue weighted by molar-refractivity contribution is 6.05. The molecule has 0 radical (unpaired) electrons. The second-order valence-corrected chi connectivity index (χ2v) is 8.83. The van der Waals surface area contributed by atoms with Crippen molar-refractivity contribution in [2.24, 2.45) is 5.41 Å². The molecule has 4 rings (SSSR count). The molecule has 1 aromatic carbocycles. The maximum Gasteiger partial charge on any atom is 0.254 e. The minimum Gasteiger partial charge on any atom is -0.354 e. The fraction of sp³-hybridized carbons (Fsp3) is 0.571. The summed E-state index contributed by atoms with van der Waals surface area (Å²) < 4.78 is 0. The molecule has 2 saturated heterocycles. The number of hydrogen-bond donors (Lipinski definition) is 2. The number of nitrogens with zero attached hydrogens (tertiary/aromatic N) is 1. The minimum absolute atomic E-state index is 0.0171. The Hall–Kier alpha value is -2.21. The number of ketones is 1. The largest absolute Gasteiger partial charge is 0.354 e. The zero-order valence-electron chi connectivity index (χ0n) is 16.1. The molecule has 2 aliphatic heterocycles. The number of hydrogen-bond acceptors (Lipinski definition) is 4. The molecule has 1 aromatic rings. The topological polar surface area (TPSA) is 78.5 Å². The van der Waals surface area contributed by atoms with Crippen LogP contribution in [-0.2, 0) is 11.2 Å². The van der Waals surface area contributed by atoms with Gasteiger partial charge in [0, 0.05) is 43.7 Å². The number of piperidine rings is 1. The van der Waals surface area contributed by atoms with E-state index >= 15 is 0 Å². The van der Waals surface area contributed by atoms with E-state index in [9.17, 15) is 14.4 Å². The third-order valence-electron chi connectivity index (χ3n) is 6.28. The first-order valence-corrected chi connectivity index (χ1v) is 9.79. The van der Waals surface area contributed by atoms with Crippen LogP contribution in [0.5, 0.6) is 0 Å². The molecule has 6 nitrogen and oxygen atoms in total. The first-order chi connectivity index (χ1) is 12.8. The summed E-state index contributed by atoms with van der Waals surface area (Å²) in [6, 6.07) is 5.43. The summed E-state index contributed by atoms with van der Waals surface area (Å²) in [5, 5.41) is 6.56. The minimum atomic E-state index is -0.584. The lowest BCUT2D eigenvalue weighted by molar-refractivity contribution is -0.128. The molecule has 144 valence electrons. The summed E-state index contributed by atoms with van der Waals surface area (Å²) in [5.41, 5.74) is 1.66. The van der Waals surface area contributed by atoms with Crippen molar-refractivity contribution >= 4 is 17.6 Å². The molecule has 0 bridgehead atoms. The van der Waals surface area contributed by atoms with E-state index in [0.717, 1.165) is 12.1 Å². The van der Waals surface area contributed by atoms with Crippen LogP contribution >= 0.6 is 0 Å². The molecular formula is C21H27N3O3. The Morgan fingerprint density at radius 2 is 1.81 bits per heavy atom. The Morgan fingerprint density at radius 1 is 1.07 bits per heavy atom. The highest BCUT2D eigenvalue weighted by atomic mass is 16.2. The normalized spacial score (nSPS) is 23.7. The van der Waals surface area contributed by atoms with Crippen LogP contribution < -0.4 is 10.6 Å². The lowest BCUT2D eigenvalue weighted by atomic mass is 9.85. The van der Waals surface area contributed by atoms with E-state index in [4.69, 9.17) is 0 Å². The smallest absolute Gasteiger partial charge is 0.254 e. The molecule has 2 heterocycles. The Morgan fingerprint density at radius 3 is 2.56 bits per heavy atom. The van der Waals surface area contributed by atoms with Gasteiger partial charge in [0.1, 0.15) is 5.54 Å². The molecule has 2 N–H and O–H groups in total. The molecule has 1 spiro atoms. The van der Waals surface area contributed by atoms with E-state index < -0.39 is 5.54 Å². The first-order valence-electron chi connectivity index (χ1n) is 9.79. The lowest BCUT2D eigenvalue weighted by Gasteiger charge is -2.40. The number of fused-ring (bicyclic) bond motifs is 1. The predicted octanol–water partition coefficient (Wildman–Crippen LogP) is 1.54. The van der Waals surface area contributed by atoms with Crippen LogP contribution in [0, 0.1) is 5.41 Å². The number of Topliss-reactive ketones (excluding diaryl/α,β-unsaturated/α-hetero) is 1. The van der Waals surface area contributed by atoms with Gasteiger partial charge in [-0.1, -0.05) is 26.0 Å². The van der Waals surface area contributed by atoms with Gasteiger partial charge >= 0.3 is 0 Å². The van der Waals surface area contributed by atoms with E-state index in [0.29, 0.717) is 56.4 Å². The molecule has 0 unspecified atom stereocenters. The fourth-order valence-corrected chi connectivity index (χ4v) is 4.40. The third kappa shape index (κ3) is 3.16. The second-order valence-electron chi connectivity index (χ2n) is 8.83. The Balaban J connectivity index is 1.49. The average Bonchev–Trinajstić information content (AvgIpc) is 3.01. The van der Waals surface area contributed by atoms with E-state index in [-0.39, 0.29) is 23.0 Å². The van der Waals surface area contributed by atoms with Gasteiger partial charge in [0.2, 0.25) is 5.91 Å². The number of carbonyl (C=O) groups excluding carboxylic acids is 3. The molecule has 2 amide bonds.